The van der Waals surface area contributed by atoms with E-state index in [9.17, 15) is 10.1 Å². The fraction of sp³-hybridized carbons (Fsp3) is 0.167. The zero-order valence-corrected chi connectivity index (χ0v) is 12.9. The molecule has 20 heavy (non-hydrogen) atoms. The van der Waals surface area contributed by atoms with Crippen molar-refractivity contribution in [3.63, 3.8) is 0 Å². The Morgan fingerprint density at radius 1 is 1.50 bits per heavy atom. The standard InChI is InChI=1S/C12H11BrN4O2S/c1-2-14-12-15-7-10(17(18)19)11(16-12)20-9-5-3-4-8(13)6-9/h3-7H,2H2,1H3,(H,14,15,16). The molecule has 2 aromatic rings. The molecule has 0 amide bonds. The van der Waals surface area contributed by atoms with Crippen molar-refractivity contribution in [2.75, 3.05) is 11.9 Å². The fourth-order valence-corrected chi connectivity index (χ4v) is 2.92. The third kappa shape index (κ3) is 3.67. The summed E-state index contributed by atoms with van der Waals surface area (Å²) in [5.74, 6) is 0.385. The first kappa shape index (κ1) is 14.7. The van der Waals surface area contributed by atoms with Crippen molar-refractivity contribution in [3.8, 4) is 0 Å². The van der Waals surface area contributed by atoms with Crippen LogP contribution in [0.25, 0.3) is 0 Å². The van der Waals surface area contributed by atoms with Gasteiger partial charge in [0.15, 0.2) is 5.03 Å². The van der Waals surface area contributed by atoms with Crippen LogP contribution in [0.15, 0.2) is 44.9 Å². The molecule has 0 unspecified atom stereocenters. The van der Waals surface area contributed by atoms with Gasteiger partial charge < -0.3 is 5.32 Å². The average molecular weight is 355 g/mol. The van der Waals surface area contributed by atoms with Gasteiger partial charge in [-0.3, -0.25) is 10.1 Å². The monoisotopic (exact) mass is 354 g/mol. The van der Waals surface area contributed by atoms with E-state index in [2.05, 4.69) is 31.2 Å². The number of nitrogens with one attached hydrogen (secondary N) is 1. The van der Waals surface area contributed by atoms with E-state index in [1.165, 1.54) is 18.0 Å². The molecular weight excluding hydrogens is 344 g/mol. The van der Waals surface area contributed by atoms with Crippen molar-refractivity contribution in [1.29, 1.82) is 0 Å². The smallest absolute Gasteiger partial charge is 0.320 e. The number of nitro groups is 1. The second-order valence-electron chi connectivity index (χ2n) is 3.73. The van der Waals surface area contributed by atoms with Crippen molar-refractivity contribution < 1.29 is 4.92 Å². The van der Waals surface area contributed by atoms with Gasteiger partial charge in [-0.2, -0.15) is 4.98 Å². The Kier molecular flexibility index (Phi) is 4.91. The van der Waals surface area contributed by atoms with Gasteiger partial charge in [-0.15, -0.1) is 0 Å². The van der Waals surface area contributed by atoms with E-state index in [4.69, 9.17) is 0 Å². The van der Waals surface area contributed by atoms with Crippen LogP contribution in [0.2, 0.25) is 0 Å². The Hall–Kier alpha value is -1.67. The lowest BCUT2D eigenvalue weighted by molar-refractivity contribution is -0.388. The molecule has 0 fully saturated rings. The Bertz CT molecular complexity index is 639. The van der Waals surface area contributed by atoms with Crippen molar-refractivity contribution >= 4 is 39.3 Å². The molecule has 0 aliphatic carbocycles. The molecule has 1 N–H and O–H groups in total. The van der Waals surface area contributed by atoms with E-state index < -0.39 is 4.92 Å². The van der Waals surface area contributed by atoms with E-state index in [0.29, 0.717) is 17.5 Å². The van der Waals surface area contributed by atoms with Gasteiger partial charge in [-0.25, -0.2) is 4.98 Å². The highest BCUT2D eigenvalue weighted by atomic mass is 79.9. The summed E-state index contributed by atoms with van der Waals surface area (Å²) in [6.45, 7) is 2.56. The maximum absolute atomic E-state index is 11.0. The molecule has 0 aliphatic rings. The number of nitrogens with zero attached hydrogens (tertiary/aromatic N) is 3. The van der Waals surface area contributed by atoms with Gasteiger partial charge in [0.1, 0.15) is 6.20 Å². The number of aromatic nitrogens is 2. The minimum atomic E-state index is -0.476. The summed E-state index contributed by atoms with van der Waals surface area (Å²) in [4.78, 5) is 19.5. The Morgan fingerprint density at radius 3 is 2.95 bits per heavy atom. The van der Waals surface area contributed by atoms with Crippen molar-refractivity contribution in [1.82, 2.24) is 9.97 Å². The number of hydrogen-bond acceptors (Lipinski definition) is 6. The predicted molar refractivity (Wildman–Crippen MR) is 81.1 cm³/mol. The third-order valence-electron chi connectivity index (χ3n) is 2.28. The predicted octanol–water partition coefficient (Wildman–Crippen LogP) is 3.73. The Balaban J connectivity index is 2.36. The number of rotatable bonds is 5. The summed E-state index contributed by atoms with van der Waals surface area (Å²) in [6.07, 6.45) is 1.23. The van der Waals surface area contributed by atoms with E-state index in [1.807, 2.05) is 31.2 Å². The van der Waals surface area contributed by atoms with Gasteiger partial charge in [0.05, 0.1) is 4.92 Å². The molecule has 1 aromatic carbocycles. The zero-order chi connectivity index (χ0) is 14.5. The summed E-state index contributed by atoms with van der Waals surface area (Å²) in [5, 5.41) is 14.3. The highest BCUT2D eigenvalue weighted by Gasteiger charge is 2.18. The van der Waals surface area contributed by atoms with Crippen LogP contribution in [-0.2, 0) is 0 Å². The third-order valence-corrected chi connectivity index (χ3v) is 3.75. The van der Waals surface area contributed by atoms with Gasteiger partial charge in [0.2, 0.25) is 5.95 Å². The maximum Gasteiger partial charge on any atom is 0.320 e. The van der Waals surface area contributed by atoms with Crippen LogP contribution in [-0.4, -0.2) is 21.4 Å². The lowest BCUT2D eigenvalue weighted by Gasteiger charge is -2.05. The molecule has 2 rings (SSSR count). The largest absolute Gasteiger partial charge is 0.354 e. The van der Waals surface area contributed by atoms with Crippen LogP contribution in [0, 0.1) is 10.1 Å². The van der Waals surface area contributed by atoms with Gasteiger partial charge in [-0.1, -0.05) is 33.8 Å². The topological polar surface area (TPSA) is 81.0 Å². The highest BCUT2D eigenvalue weighted by molar-refractivity contribution is 9.10. The van der Waals surface area contributed by atoms with Crippen LogP contribution in [0.3, 0.4) is 0 Å². The molecule has 0 radical (unpaired) electrons. The first-order chi connectivity index (χ1) is 9.60. The van der Waals surface area contributed by atoms with Crippen LogP contribution < -0.4 is 5.32 Å². The maximum atomic E-state index is 11.0. The molecule has 0 bridgehead atoms. The second kappa shape index (κ2) is 6.67. The zero-order valence-electron chi connectivity index (χ0n) is 10.5. The molecule has 0 saturated carbocycles. The summed E-state index contributed by atoms with van der Waals surface area (Å²) < 4.78 is 0.908. The summed E-state index contributed by atoms with van der Waals surface area (Å²) >= 11 is 4.60. The number of benzene rings is 1. The van der Waals surface area contributed by atoms with E-state index in [1.54, 1.807) is 0 Å². The van der Waals surface area contributed by atoms with Crippen LogP contribution in [0.4, 0.5) is 11.6 Å². The quantitative estimate of drug-likeness (QED) is 0.500. The normalized spacial score (nSPS) is 10.3. The van der Waals surface area contributed by atoms with Gasteiger partial charge in [0, 0.05) is 15.9 Å². The molecule has 0 spiro atoms. The molecule has 8 heteroatoms. The number of halogens is 1. The Labute approximate surface area is 128 Å². The van der Waals surface area contributed by atoms with Crippen molar-refractivity contribution in [2.45, 2.75) is 16.8 Å². The lowest BCUT2D eigenvalue weighted by Crippen LogP contribution is -2.04. The first-order valence-corrected chi connectivity index (χ1v) is 7.40. The van der Waals surface area contributed by atoms with Crippen molar-refractivity contribution in [3.05, 3.63) is 45.0 Å². The fourth-order valence-electron chi connectivity index (χ4n) is 1.45. The molecule has 1 heterocycles. The molecule has 104 valence electrons. The molecular formula is C12H11BrN4O2S. The second-order valence-corrected chi connectivity index (χ2v) is 5.71. The summed E-state index contributed by atoms with van der Waals surface area (Å²) in [7, 11) is 0. The summed E-state index contributed by atoms with van der Waals surface area (Å²) in [5.41, 5.74) is -0.100. The Morgan fingerprint density at radius 2 is 2.30 bits per heavy atom. The van der Waals surface area contributed by atoms with Crippen LogP contribution in [0.5, 0.6) is 0 Å². The molecule has 0 aliphatic heterocycles. The minimum Gasteiger partial charge on any atom is -0.354 e. The van der Waals surface area contributed by atoms with Crippen LogP contribution in [0.1, 0.15) is 6.92 Å². The molecule has 1 aromatic heterocycles. The van der Waals surface area contributed by atoms with E-state index in [-0.39, 0.29) is 5.69 Å². The SMILES string of the molecule is CCNc1ncc([N+](=O)[O-])c(Sc2cccc(Br)c2)n1. The van der Waals surface area contributed by atoms with Crippen LogP contribution >= 0.6 is 27.7 Å². The minimum absolute atomic E-state index is 0.100. The van der Waals surface area contributed by atoms with E-state index in [0.717, 1.165) is 9.37 Å². The van der Waals surface area contributed by atoms with Gasteiger partial charge in [-0.05, 0) is 25.1 Å². The van der Waals surface area contributed by atoms with E-state index >= 15 is 0 Å². The molecule has 6 nitrogen and oxygen atoms in total. The summed E-state index contributed by atoms with van der Waals surface area (Å²) in [6, 6.07) is 7.50. The van der Waals surface area contributed by atoms with Gasteiger partial charge in [0.25, 0.3) is 0 Å². The first-order valence-electron chi connectivity index (χ1n) is 5.79. The lowest BCUT2D eigenvalue weighted by atomic mass is 10.4. The molecule has 0 atom stereocenters. The number of hydrogen-bond donors (Lipinski definition) is 1. The molecule has 0 saturated heterocycles. The number of anilines is 1. The van der Waals surface area contributed by atoms with Gasteiger partial charge >= 0.3 is 5.69 Å². The van der Waals surface area contributed by atoms with Crippen molar-refractivity contribution in [2.24, 2.45) is 0 Å². The average Bonchev–Trinajstić information content (AvgIpc) is 2.39. The highest BCUT2D eigenvalue weighted by Crippen LogP contribution is 2.34.